The largest absolute Gasteiger partial charge is 0.310 e. The minimum Gasteiger partial charge on any atom is -0.310 e. The van der Waals surface area contributed by atoms with Gasteiger partial charge in [0.05, 0.1) is 4.47 Å². The number of benzene rings is 1. The zero-order valence-electron chi connectivity index (χ0n) is 10.9. The molecule has 0 amide bonds. The van der Waals surface area contributed by atoms with Crippen molar-refractivity contribution in [1.29, 1.82) is 0 Å². The third kappa shape index (κ3) is 3.55. The van der Waals surface area contributed by atoms with Crippen LogP contribution in [0.1, 0.15) is 44.6 Å². The van der Waals surface area contributed by atoms with E-state index in [-0.39, 0.29) is 5.82 Å². The molecule has 2 atom stereocenters. The van der Waals surface area contributed by atoms with Gasteiger partial charge < -0.3 is 5.32 Å². The SMILES string of the molecule is CCC1CCCCC1NCc1ccc(F)c(Br)c1. The predicted molar refractivity (Wildman–Crippen MR) is 77.0 cm³/mol. The molecular weight excluding hydrogens is 293 g/mol. The Hall–Kier alpha value is -0.410. The molecule has 0 bridgehead atoms. The van der Waals surface area contributed by atoms with Crippen molar-refractivity contribution in [2.75, 3.05) is 0 Å². The van der Waals surface area contributed by atoms with Crippen LogP contribution in [0.4, 0.5) is 4.39 Å². The average Bonchev–Trinajstić information content (AvgIpc) is 2.40. The van der Waals surface area contributed by atoms with Gasteiger partial charge in [-0.05, 0) is 52.4 Å². The van der Waals surface area contributed by atoms with Crippen molar-refractivity contribution < 1.29 is 4.39 Å². The topological polar surface area (TPSA) is 12.0 Å². The minimum atomic E-state index is -0.192. The van der Waals surface area contributed by atoms with Crippen LogP contribution in [0, 0.1) is 11.7 Å². The second-order valence-electron chi connectivity index (χ2n) is 5.19. The normalized spacial score (nSPS) is 24.2. The molecule has 0 saturated heterocycles. The van der Waals surface area contributed by atoms with Crippen LogP contribution < -0.4 is 5.32 Å². The number of rotatable bonds is 4. The van der Waals surface area contributed by atoms with Gasteiger partial charge in [-0.25, -0.2) is 4.39 Å². The molecule has 18 heavy (non-hydrogen) atoms. The van der Waals surface area contributed by atoms with Crippen LogP contribution in [-0.2, 0) is 6.54 Å². The van der Waals surface area contributed by atoms with Gasteiger partial charge in [0.25, 0.3) is 0 Å². The molecule has 1 saturated carbocycles. The van der Waals surface area contributed by atoms with Gasteiger partial charge in [0.15, 0.2) is 0 Å². The molecule has 1 aromatic carbocycles. The van der Waals surface area contributed by atoms with E-state index >= 15 is 0 Å². The Morgan fingerprint density at radius 3 is 2.83 bits per heavy atom. The summed E-state index contributed by atoms with van der Waals surface area (Å²) in [6, 6.07) is 5.88. The maximum Gasteiger partial charge on any atom is 0.137 e. The first-order valence-corrected chi connectivity index (χ1v) is 7.67. The van der Waals surface area contributed by atoms with Gasteiger partial charge in [-0.1, -0.05) is 32.3 Å². The average molecular weight is 314 g/mol. The summed E-state index contributed by atoms with van der Waals surface area (Å²) in [5.74, 6) is 0.616. The molecule has 2 rings (SSSR count). The fourth-order valence-corrected chi connectivity index (χ4v) is 3.29. The zero-order valence-corrected chi connectivity index (χ0v) is 12.5. The van der Waals surface area contributed by atoms with E-state index in [4.69, 9.17) is 0 Å². The highest BCUT2D eigenvalue weighted by Gasteiger charge is 2.22. The maximum atomic E-state index is 13.1. The highest BCUT2D eigenvalue weighted by molar-refractivity contribution is 9.10. The highest BCUT2D eigenvalue weighted by Crippen LogP contribution is 2.27. The van der Waals surface area contributed by atoms with Gasteiger partial charge >= 0.3 is 0 Å². The second-order valence-corrected chi connectivity index (χ2v) is 6.04. The van der Waals surface area contributed by atoms with Crippen molar-refractivity contribution >= 4 is 15.9 Å². The van der Waals surface area contributed by atoms with Gasteiger partial charge in [0.2, 0.25) is 0 Å². The lowest BCUT2D eigenvalue weighted by molar-refractivity contribution is 0.254. The van der Waals surface area contributed by atoms with E-state index in [1.54, 1.807) is 0 Å². The summed E-state index contributed by atoms with van der Waals surface area (Å²) in [6.07, 6.45) is 6.59. The van der Waals surface area contributed by atoms with E-state index < -0.39 is 0 Å². The van der Waals surface area contributed by atoms with Gasteiger partial charge in [-0.2, -0.15) is 0 Å². The van der Waals surface area contributed by atoms with Crippen LogP contribution in [0.5, 0.6) is 0 Å². The van der Waals surface area contributed by atoms with Crippen molar-refractivity contribution in [3.63, 3.8) is 0 Å². The molecule has 0 aromatic heterocycles. The predicted octanol–water partition coefficient (Wildman–Crippen LogP) is 4.65. The Labute approximate surface area is 117 Å². The summed E-state index contributed by atoms with van der Waals surface area (Å²) in [4.78, 5) is 0. The minimum absolute atomic E-state index is 0.192. The standard InChI is InChI=1S/C15H21BrFN/c1-2-12-5-3-4-6-15(12)18-10-11-7-8-14(17)13(16)9-11/h7-9,12,15,18H,2-6,10H2,1H3. The Morgan fingerprint density at radius 1 is 1.33 bits per heavy atom. The molecule has 1 N–H and O–H groups in total. The molecule has 1 nitrogen and oxygen atoms in total. The molecule has 100 valence electrons. The molecule has 2 unspecified atom stereocenters. The van der Waals surface area contributed by atoms with E-state index in [0.29, 0.717) is 10.5 Å². The monoisotopic (exact) mass is 313 g/mol. The molecule has 0 heterocycles. The number of hydrogen-bond acceptors (Lipinski definition) is 1. The van der Waals surface area contributed by atoms with Crippen LogP contribution in [-0.4, -0.2) is 6.04 Å². The first kappa shape index (κ1) is 14.0. The summed E-state index contributed by atoms with van der Waals surface area (Å²) in [5, 5.41) is 3.64. The molecule has 0 radical (unpaired) electrons. The van der Waals surface area contributed by atoms with E-state index in [1.165, 1.54) is 38.2 Å². The fourth-order valence-electron chi connectivity index (χ4n) is 2.86. The molecule has 1 fully saturated rings. The van der Waals surface area contributed by atoms with E-state index in [2.05, 4.69) is 28.2 Å². The van der Waals surface area contributed by atoms with Gasteiger partial charge in [-0.15, -0.1) is 0 Å². The second kappa shape index (κ2) is 6.67. The van der Waals surface area contributed by atoms with Crippen LogP contribution in [0.15, 0.2) is 22.7 Å². The summed E-state index contributed by atoms with van der Waals surface area (Å²) < 4.78 is 13.7. The number of halogens is 2. The van der Waals surface area contributed by atoms with Crippen LogP contribution in [0.25, 0.3) is 0 Å². The summed E-state index contributed by atoms with van der Waals surface area (Å²) >= 11 is 3.23. The van der Waals surface area contributed by atoms with Crippen LogP contribution in [0.2, 0.25) is 0 Å². The van der Waals surface area contributed by atoms with Crippen molar-refractivity contribution in [2.24, 2.45) is 5.92 Å². The van der Waals surface area contributed by atoms with Crippen molar-refractivity contribution in [3.8, 4) is 0 Å². The van der Waals surface area contributed by atoms with Crippen LogP contribution >= 0.6 is 15.9 Å². The smallest absolute Gasteiger partial charge is 0.137 e. The summed E-state index contributed by atoms with van der Waals surface area (Å²) in [7, 11) is 0. The number of hydrogen-bond donors (Lipinski definition) is 1. The lowest BCUT2D eigenvalue weighted by atomic mass is 9.83. The summed E-state index contributed by atoms with van der Waals surface area (Å²) in [6.45, 7) is 3.11. The molecule has 1 aromatic rings. The maximum absolute atomic E-state index is 13.1. The Kier molecular flexibility index (Phi) is 5.19. The van der Waals surface area contributed by atoms with Crippen LogP contribution in [0.3, 0.4) is 0 Å². The van der Waals surface area contributed by atoms with Gasteiger partial charge in [0, 0.05) is 12.6 Å². The third-order valence-corrected chi connectivity index (χ3v) is 4.59. The molecule has 1 aliphatic rings. The van der Waals surface area contributed by atoms with Gasteiger partial charge in [-0.3, -0.25) is 0 Å². The Balaban J connectivity index is 1.91. The molecule has 1 aliphatic carbocycles. The summed E-state index contributed by atoms with van der Waals surface area (Å²) in [5.41, 5.74) is 1.14. The zero-order chi connectivity index (χ0) is 13.0. The van der Waals surface area contributed by atoms with Crippen molar-refractivity contribution in [3.05, 3.63) is 34.1 Å². The van der Waals surface area contributed by atoms with Crippen molar-refractivity contribution in [1.82, 2.24) is 5.32 Å². The van der Waals surface area contributed by atoms with Crippen molar-refractivity contribution in [2.45, 2.75) is 51.6 Å². The van der Waals surface area contributed by atoms with E-state index in [0.717, 1.165) is 18.0 Å². The fraction of sp³-hybridized carbons (Fsp3) is 0.600. The Morgan fingerprint density at radius 2 is 2.11 bits per heavy atom. The molecule has 3 heteroatoms. The first-order valence-electron chi connectivity index (χ1n) is 6.88. The Bertz CT molecular complexity index is 394. The number of nitrogens with one attached hydrogen (secondary N) is 1. The van der Waals surface area contributed by atoms with E-state index in [9.17, 15) is 4.39 Å². The molecular formula is C15H21BrFN. The quantitative estimate of drug-likeness (QED) is 0.853. The first-order chi connectivity index (χ1) is 8.70. The lowest BCUT2D eigenvalue weighted by Gasteiger charge is -2.31. The molecule has 0 aliphatic heterocycles. The highest BCUT2D eigenvalue weighted by atomic mass is 79.9. The molecule has 0 spiro atoms. The van der Waals surface area contributed by atoms with Gasteiger partial charge in [0.1, 0.15) is 5.82 Å². The van der Waals surface area contributed by atoms with E-state index in [1.807, 2.05) is 12.1 Å². The lowest BCUT2D eigenvalue weighted by Crippen LogP contribution is -2.37. The third-order valence-electron chi connectivity index (χ3n) is 3.99.